The third-order valence-corrected chi connectivity index (χ3v) is 6.36. The molecule has 0 fully saturated rings. The van der Waals surface area contributed by atoms with E-state index in [0.29, 0.717) is 0 Å². The minimum Gasteiger partial charge on any atom is -0.459 e. The Hall–Kier alpha value is -3.85. The Morgan fingerprint density at radius 1 is 0.871 bits per heavy atom. The van der Waals surface area contributed by atoms with Gasteiger partial charge >= 0.3 is 0 Å². The fourth-order valence-electron chi connectivity index (χ4n) is 4.89. The summed E-state index contributed by atoms with van der Waals surface area (Å²) in [6.07, 6.45) is 0. The first kappa shape index (κ1) is 18.0. The molecule has 0 bridgehead atoms. The average Bonchev–Trinajstić information content (AvgIpc) is 3.29. The molecule has 0 spiro atoms. The van der Waals surface area contributed by atoms with Crippen molar-refractivity contribution in [1.82, 2.24) is 0 Å². The van der Waals surface area contributed by atoms with E-state index in [2.05, 4.69) is 55.5 Å². The second-order valence-corrected chi connectivity index (χ2v) is 8.26. The number of hydrogen-bond donors (Lipinski definition) is 0. The SMILES string of the molecule is Cc1ccc2c(c1)C(c1oc3ccc4ccccc4c3c1-c1ccccc1)C(=O)N2C. The first-order valence-electron chi connectivity index (χ1n) is 10.5. The number of hydrogen-bond acceptors (Lipinski definition) is 2. The molecule has 3 heteroatoms. The van der Waals surface area contributed by atoms with Gasteiger partial charge in [0.1, 0.15) is 17.3 Å². The van der Waals surface area contributed by atoms with E-state index in [1.807, 2.05) is 43.4 Å². The molecule has 6 rings (SSSR count). The van der Waals surface area contributed by atoms with Crippen molar-refractivity contribution in [2.45, 2.75) is 12.8 Å². The van der Waals surface area contributed by atoms with Crippen LogP contribution >= 0.6 is 0 Å². The molecule has 1 amide bonds. The van der Waals surface area contributed by atoms with Gasteiger partial charge in [0.2, 0.25) is 5.91 Å². The third-order valence-electron chi connectivity index (χ3n) is 6.36. The Balaban J connectivity index is 1.73. The summed E-state index contributed by atoms with van der Waals surface area (Å²) in [5, 5.41) is 3.36. The number of furan rings is 1. The molecule has 5 aromatic rings. The predicted molar refractivity (Wildman–Crippen MR) is 126 cm³/mol. The van der Waals surface area contributed by atoms with Crippen LogP contribution in [-0.2, 0) is 4.79 Å². The molecular formula is C28H21NO2. The molecule has 0 radical (unpaired) electrons. The highest BCUT2D eigenvalue weighted by atomic mass is 16.3. The van der Waals surface area contributed by atoms with Gasteiger partial charge in [0.15, 0.2) is 0 Å². The Bertz CT molecular complexity index is 1480. The van der Waals surface area contributed by atoms with Crippen LogP contribution in [0.2, 0.25) is 0 Å². The topological polar surface area (TPSA) is 33.5 Å². The van der Waals surface area contributed by atoms with Crippen LogP contribution in [0, 0.1) is 6.92 Å². The molecule has 1 atom stereocenters. The highest BCUT2D eigenvalue weighted by Crippen LogP contribution is 2.48. The van der Waals surface area contributed by atoms with E-state index in [-0.39, 0.29) is 5.91 Å². The Kier molecular flexibility index (Phi) is 3.81. The van der Waals surface area contributed by atoms with Crippen LogP contribution in [-0.4, -0.2) is 13.0 Å². The lowest BCUT2D eigenvalue weighted by Crippen LogP contribution is -2.24. The zero-order valence-electron chi connectivity index (χ0n) is 17.4. The van der Waals surface area contributed by atoms with E-state index in [9.17, 15) is 4.79 Å². The number of benzene rings is 4. The van der Waals surface area contributed by atoms with Gasteiger partial charge in [-0.15, -0.1) is 0 Å². The van der Waals surface area contributed by atoms with Crippen molar-refractivity contribution in [2.24, 2.45) is 0 Å². The molecule has 0 N–H and O–H groups in total. The Labute approximate surface area is 180 Å². The summed E-state index contributed by atoms with van der Waals surface area (Å²) in [6.45, 7) is 2.06. The zero-order chi connectivity index (χ0) is 21.1. The van der Waals surface area contributed by atoms with Crippen molar-refractivity contribution in [2.75, 3.05) is 11.9 Å². The monoisotopic (exact) mass is 403 g/mol. The minimum atomic E-state index is -0.457. The van der Waals surface area contributed by atoms with Gasteiger partial charge in [0.25, 0.3) is 0 Å². The van der Waals surface area contributed by atoms with Gasteiger partial charge in [-0.1, -0.05) is 78.4 Å². The molecule has 1 aliphatic heterocycles. The van der Waals surface area contributed by atoms with E-state index in [4.69, 9.17) is 4.42 Å². The van der Waals surface area contributed by atoms with Crippen molar-refractivity contribution >= 4 is 33.3 Å². The predicted octanol–water partition coefficient (Wildman–Crippen LogP) is 6.67. The van der Waals surface area contributed by atoms with E-state index in [1.165, 1.54) is 0 Å². The maximum Gasteiger partial charge on any atom is 0.242 e. The lowest BCUT2D eigenvalue weighted by Gasteiger charge is -2.12. The smallest absolute Gasteiger partial charge is 0.242 e. The van der Waals surface area contributed by atoms with Gasteiger partial charge in [-0.05, 0) is 41.0 Å². The molecular weight excluding hydrogens is 382 g/mol. The van der Waals surface area contributed by atoms with Gasteiger partial charge in [0.05, 0.1) is 0 Å². The second-order valence-electron chi connectivity index (χ2n) is 8.26. The Morgan fingerprint density at radius 3 is 2.48 bits per heavy atom. The number of likely N-dealkylation sites (N-methyl/N-ethyl adjacent to an activating group) is 1. The standard InChI is InChI=1S/C28H21NO2/c1-17-12-14-22-21(16-17)26(28(30)29(22)2)27-24(19-9-4-3-5-10-19)25-20-11-7-6-8-18(20)13-15-23(25)31-27/h3-16,26H,1-2H3. The molecule has 0 saturated carbocycles. The number of carbonyl (C=O) groups is 1. The summed E-state index contributed by atoms with van der Waals surface area (Å²) in [5.74, 6) is 0.307. The van der Waals surface area contributed by atoms with Crippen molar-refractivity contribution in [1.29, 1.82) is 0 Å². The molecule has 2 heterocycles. The van der Waals surface area contributed by atoms with E-state index >= 15 is 0 Å². The number of amides is 1. The van der Waals surface area contributed by atoms with Crippen molar-refractivity contribution < 1.29 is 9.21 Å². The van der Waals surface area contributed by atoms with Crippen LogP contribution in [0.1, 0.15) is 22.8 Å². The summed E-state index contributed by atoms with van der Waals surface area (Å²) in [5.41, 5.74) is 5.97. The summed E-state index contributed by atoms with van der Waals surface area (Å²) in [6, 6.07) is 28.9. The summed E-state index contributed by atoms with van der Waals surface area (Å²) in [4.78, 5) is 15.2. The number of aryl methyl sites for hydroxylation is 1. The van der Waals surface area contributed by atoms with Gasteiger partial charge < -0.3 is 9.32 Å². The number of nitrogens with zero attached hydrogens (tertiary/aromatic N) is 1. The van der Waals surface area contributed by atoms with Crippen molar-refractivity contribution in [3.8, 4) is 11.1 Å². The van der Waals surface area contributed by atoms with Crippen LogP contribution in [0.4, 0.5) is 5.69 Å². The number of anilines is 1. The molecule has 1 unspecified atom stereocenters. The Morgan fingerprint density at radius 2 is 1.65 bits per heavy atom. The fourth-order valence-corrected chi connectivity index (χ4v) is 4.89. The van der Waals surface area contributed by atoms with Gasteiger partial charge in [-0.3, -0.25) is 4.79 Å². The summed E-state index contributed by atoms with van der Waals surface area (Å²) < 4.78 is 6.51. The van der Waals surface area contributed by atoms with Crippen LogP contribution in [0.25, 0.3) is 32.9 Å². The van der Waals surface area contributed by atoms with Gasteiger partial charge in [0, 0.05) is 23.7 Å². The molecule has 1 aromatic heterocycles. The zero-order valence-corrected chi connectivity index (χ0v) is 17.4. The number of rotatable bonds is 2. The van der Waals surface area contributed by atoms with Crippen molar-refractivity contribution in [3.63, 3.8) is 0 Å². The summed E-state index contributed by atoms with van der Waals surface area (Å²) >= 11 is 0. The van der Waals surface area contributed by atoms with Gasteiger partial charge in [-0.25, -0.2) is 0 Å². The highest BCUT2D eigenvalue weighted by Gasteiger charge is 2.40. The number of fused-ring (bicyclic) bond motifs is 4. The average molecular weight is 403 g/mol. The lowest BCUT2D eigenvalue weighted by atomic mass is 9.89. The highest BCUT2D eigenvalue weighted by molar-refractivity contribution is 6.16. The van der Waals surface area contributed by atoms with E-state index in [1.54, 1.807) is 4.90 Å². The van der Waals surface area contributed by atoms with Crippen LogP contribution in [0.15, 0.2) is 89.3 Å². The fraction of sp³-hybridized carbons (Fsp3) is 0.107. The molecule has 0 saturated heterocycles. The maximum atomic E-state index is 13.5. The molecule has 150 valence electrons. The van der Waals surface area contributed by atoms with Crippen LogP contribution < -0.4 is 4.90 Å². The van der Waals surface area contributed by atoms with E-state index in [0.717, 1.165) is 55.4 Å². The largest absolute Gasteiger partial charge is 0.459 e. The quantitative estimate of drug-likeness (QED) is 0.330. The van der Waals surface area contributed by atoms with Crippen LogP contribution in [0.5, 0.6) is 0 Å². The molecule has 4 aromatic carbocycles. The first-order chi connectivity index (χ1) is 15.1. The normalized spacial score (nSPS) is 15.7. The first-order valence-corrected chi connectivity index (χ1v) is 10.5. The molecule has 3 nitrogen and oxygen atoms in total. The third kappa shape index (κ3) is 2.56. The maximum absolute atomic E-state index is 13.5. The number of carbonyl (C=O) groups excluding carboxylic acids is 1. The van der Waals surface area contributed by atoms with Crippen LogP contribution in [0.3, 0.4) is 0 Å². The second kappa shape index (κ2) is 6.58. The summed E-state index contributed by atoms with van der Waals surface area (Å²) in [7, 11) is 1.84. The molecule has 1 aliphatic rings. The lowest BCUT2D eigenvalue weighted by molar-refractivity contribution is -0.118. The molecule has 31 heavy (non-hydrogen) atoms. The van der Waals surface area contributed by atoms with Crippen molar-refractivity contribution in [3.05, 3.63) is 102 Å². The molecule has 0 aliphatic carbocycles. The van der Waals surface area contributed by atoms with E-state index < -0.39 is 5.92 Å². The van der Waals surface area contributed by atoms with Gasteiger partial charge in [-0.2, -0.15) is 0 Å². The minimum absolute atomic E-state index is 0.0427.